The van der Waals surface area contributed by atoms with Gasteiger partial charge < -0.3 is 20.5 Å². The molecule has 0 aliphatic heterocycles. The normalized spacial score (nSPS) is 16.7. The topological polar surface area (TPSA) is 105 Å². The van der Waals surface area contributed by atoms with E-state index in [1.54, 1.807) is 20.8 Å². The van der Waals surface area contributed by atoms with Gasteiger partial charge in [0, 0.05) is 19.5 Å². The molecule has 1 aliphatic carbocycles. The Bertz CT molecular complexity index is 436. The highest BCUT2D eigenvalue weighted by Gasteiger charge is 2.37. The molecule has 0 saturated heterocycles. The summed E-state index contributed by atoms with van der Waals surface area (Å²) in [5.74, 6) is -1.02. The van der Waals surface area contributed by atoms with Crippen molar-refractivity contribution in [3.8, 4) is 0 Å². The first-order valence-corrected chi connectivity index (χ1v) is 8.07. The minimum Gasteiger partial charge on any atom is -0.481 e. The lowest BCUT2D eigenvalue weighted by Crippen LogP contribution is -2.39. The smallest absolute Gasteiger partial charge is 0.407 e. The monoisotopic (exact) mass is 328 g/mol. The predicted molar refractivity (Wildman–Crippen MR) is 85.0 cm³/mol. The molecule has 2 amide bonds. The van der Waals surface area contributed by atoms with E-state index in [0.717, 1.165) is 25.7 Å². The van der Waals surface area contributed by atoms with E-state index in [2.05, 4.69) is 10.6 Å². The summed E-state index contributed by atoms with van der Waals surface area (Å²) in [6.45, 7) is 5.89. The first-order chi connectivity index (χ1) is 10.6. The summed E-state index contributed by atoms with van der Waals surface area (Å²) in [5.41, 5.74) is -0.965. The highest BCUT2D eigenvalue weighted by molar-refractivity contribution is 5.78. The number of carbonyl (C=O) groups is 3. The lowest BCUT2D eigenvalue weighted by Gasteiger charge is -2.26. The van der Waals surface area contributed by atoms with Crippen molar-refractivity contribution in [1.82, 2.24) is 10.6 Å². The first-order valence-electron chi connectivity index (χ1n) is 8.07. The molecule has 23 heavy (non-hydrogen) atoms. The molecule has 0 bridgehead atoms. The zero-order chi connectivity index (χ0) is 17.5. The van der Waals surface area contributed by atoms with Crippen LogP contribution < -0.4 is 10.6 Å². The fourth-order valence-electron chi connectivity index (χ4n) is 2.95. The fraction of sp³-hybridized carbons (Fsp3) is 0.812. The number of ether oxygens (including phenoxy) is 1. The summed E-state index contributed by atoms with van der Waals surface area (Å²) in [4.78, 5) is 34.5. The lowest BCUT2D eigenvalue weighted by molar-refractivity contribution is -0.140. The summed E-state index contributed by atoms with van der Waals surface area (Å²) >= 11 is 0. The number of carbonyl (C=O) groups excluding carboxylic acids is 2. The van der Waals surface area contributed by atoms with Gasteiger partial charge in [0.15, 0.2) is 0 Å². The molecule has 0 spiro atoms. The van der Waals surface area contributed by atoms with Crippen molar-refractivity contribution in [1.29, 1.82) is 0 Å². The van der Waals surface area contributed by atoms with E-state index in [9.17, 15) is 14.4 Å². The number of hydrogen-bond acceptors (Lipinski definition) is 4. The van der Waals surface area contributed by atoms with Crippen molar-refractivity contribution in [2.45, 2.75) is 64.9 Å². The maximum atomic E-state index is 12.0. The number of aliphatic carboxylic acids is 1. The van der Waals surface area contributed by atoms with Crippen molar-refractivity contribution in [2.24, 2.45) is 5.41 Å². The summed E-state index contributed by atoms with van der Waals surface area (Å²) < 4.78 is 5.08. The van der Waals surface area contributed by atoms with Gasteiger partial charge in [-0.05, 0) is 39.0 Å². The van der Waals surface area contributed by atoms with Crippen LogP contribution in [0.4, 0.5) is 4.79 Å². The molecule has 0 heterocycles. The molecule has 0 atom stereocenters. The third-order valence-corrected chi connectivity index (χ3v) is 3.84. The number of alkyl carbamates (subject to hydrolysis) is 1. The molecule has 0 unspecified atom stereocenters. The predicted octanol–water partition coefficient (Wildman–Crippen LogP) is 2.05. The molecule has 1 saturated carbocycles. The number of nitrogens with one attached hydrogen (secondary N) is 2. The Kier molecular flexibility index (Phi) is 6.84. The molecular formula is C16H28N2O5. The average Bonchev–Trinajstić information content (AvgIpc) is 2.79. The Balaban J connectivity index is 2.28. The molecule has 0 aromatic carbocycles. The number of amides is 2. The quantitative estimate of drug-likeness (QED) is 0.620. The molecule has 0 aromatic rings. The van der Waals surface area contributed by atoms with Crippen LogP contribution in [-0.4, -0.2) is 41.8 Å². The van der Waals surface area contributed by atoms with Crippen molar-refractivity contribution >= 4 is 18.0 Å². The van der Waals surface area contributed by atoms with Crippen LogP contribution in [0.3, 0.4) is 0 Å². The highest BCUT2D eigenvalue weighted by Crippen LogP contribution is 2.43. The Morgan fingerprint density at radius 2 is 1.61 bits per heavy atom. The number of hydrogen-bond donors (Lipinski definition) is 3. The molecule has 132 valence electrons. The second-order valence-electron chi connectivity index (χ2n) is 7.23. The van der Waals surface area contributed by atoms with Crippen molar-refractivity contribution in [3.63, 3.8) is 0 Å². The molecule has 3 N–H and O–H groups in total. The Hall–Kier alpha value is -1.79. The van der Waals surface area contributed by atoms with Crippen LogP contribution in [0.1, 0.15) is 59.3 Å². The van der Waals surface area contributed by atoms with Gasteiger partial charge in [0.05, 0.1) is 6.42 Å². The summed E-state index contributed by atoms with van der Waals surface area (Å²) in [5, 5.41) is 14.3. The standard InChI is InChI=1S/C16H28N2O5/c1-15(2,3)23-14(22)18-9-8-17-12(19)10-16(11-13(20)21)6-4-5-7-16/h4-11H2,1-3H3,(H,17,19)(H,18,22)(H,20,21). The van der Waals surface area contributed by atoms with Gasteiger partial charge >= 0.3 is 12.1 Å². The van der Waals surface area contributed by atoms with Gasteiger partial charge in [-0.15, -0.1) is 0 Å². The van der Waals surface area contributed by atoms with Crippen LogP contribution in [0, 0.1) is 5.41 Å². The maximum absolute atomic E-state index is 12.0. The van der Waals surface area contributed by atoms with Crippen molar-refractivity contribution < 1.29 is 24.2 Å². The van der Waals surface area contributed by atoms with E-state index in [0.29, 0.717) is 6.54 Å². The van der Waals surface area contributed by atoms with Crippen molar-refractivity contribution in [2.75, 3.05) is 13.1 Å². The van der Waals surface area contributed by atoms with Gasteiger partial charge in [0.25, 0.3) is 0 Å². The third-order valence-electron chi connectivity index (χ3n) is 3.84. The molecule has 1 fully saturated rings. The third kappa shape index (κ3) is 7.85. The molecule has 0 aromatic heterocycles. The maximum Gasteiger partial charge on any atom is 0.407 e. The van der Waals surface area contributed by atoms with E-state index >= 15 is 0 Å². The summed E-state index contributed by atoms with van der Waals surface area (Å²) in [6.07, 6.45) is 3.25. The largest absolute Gasteiger partial charge is 0.481 e. The molecule has 7 heteroatoms. The number of carboxylic acid groups (broad SMARTS) is 1. The van der Waals surface area contributed by atoms with Crippen LogP contribution in [0.2, 0.25) is 0 Å². The van der Waals surface area contributed by atoms with Crippen LogP contribution in [0.15, 0.2) is 0 Å². The van der Waals surface area contributed by atoms with E-state index < -0.39 is 23.1 Å². The molecule has 7 nitrogen and oxygen atoms in total. The Labute approximate surface area is 137 Å². The zero-order valence-corrected chi connectivity index (χ0v) is 14.2. The highest BCUT2D eigenvalue weighted by atomic mass is 16.6. The minimum atomic E-state index is -0.855. The van der Waals surface area contributed by atoms with Gasteiger partial charge in [-0.2, -0.15) is 0 Å². The Morgan fingerprint density at radius 3 is 2.13 bits per heavy atom. The van der Waals surface area contributed by atoms with Gasteiger partial charge in [0.2, 0.25) is 5.91 Å². The summed E-state index contributed by atoms with van der Waals surface area (Å²) in [7, 11) is 0. The molecule has 1 rings (SSSR count). The van der Waals surface area contributed by atoms with Gasteiger partial charge in [-0.3, -0.25) is 9.59 Å². The van der Waals surface area contributed by atoms with Gasteiger partial charge in [-0.1, -0.05) is 12.8 Å². The SMILES string of the molecule is CC(C)(C)OC(=O)NCCNC(=O)CC1(CC(=O)O)CCCC1. The lowest BCUT2D eigenvalue weighted by atomic mass is 9.79. The second kappa shape index (κ2) is 8.17. The van der Waals surface area contributed by atoms with Crippen LogP contribution in [0.5, 0.6) is 0 Å². The van der Waals surface area contributed by atoms with Crippen molar-refractivity contribution in [3.05, 3.63) is 0 Å². The molecule has 1 aliphatic rings. The first kappa shape index (κ1) is 19.3. The van der Waals surface area contributed by atoms with E-state index in [1.165, 1.54) is 0 Å². The molecular weight excluding hydrogens is 300 g/mol. The van der Waals surface area contributed by atoms with Gasteiger partial charge in [0.1, 0.15) is 5.60 Å². The summed E-state index contributed by atoms with van der Waals surface area (Å²) in [6, 6.07) is 0. The van der Waals surface area contributed by atoms with Crippen LogP contribution in [-0.2, 0) is 14.3 Å². The second-order valence-corrected chi connectivity index (χ2v) is 7.23. The van der Waals surface area contributed by atoms with E-state index in [4.69, 9.17) is 9.84 Å². The number of carboxylic acids is 1. The zero-order valence-electron chi connectivity index (χ0n) is 14.2. The van der Waals surface area contributed by atoms with Crippen LogP contribution in [0.25, 0.3) is 0 Å². The van der Waals surface area contributed by atoms with E-state index in [-0.39, 0.29) is 25.3 Å². The number of rotatable bonds is 7. The fourth-order valence-corrected chi connectivity index (χ4v) is 2.95. The average molecular weight is 328 g/mol. The van der Waals surface area contributed by atoms with Crippen LogP contribution >= 0.6 is 0 Å². The minimum absolute atomic E-state index is 0.0383. The Morgan fingerprint density at radius 1 is 1.04 bits per heavy atom. The van der Waals surface area contributed by atoms with E-state index in [1.807, 2.05) is 0 Å². The molecule has 0 radical (unpaired) electrons. The van der Waals surface area contributed by atoms with Gasteiger partial charge in [-0.25, -0.2) is 4.79 Å².